The molecule has 166 valence electrons. The molecule has 1 aromatic heterocycles. The number of anilines is 1. The fourth-order valence-corrected chi connectivity index (χ4v) is 3.12. The molecular weight excluding hydrogens is 409 g/mol. The van der Waals surface area contributed by atoms with E-state index in [-0.39, 0.29) is 5.69 Å². The van der Waals surface area contributed by atoms with Crippen molar-refractivity contribution in [2.24, 2.45) is 5.73 Å². The molecule has 3 aromatic rings. The SMILES string of the molecule is CC(C)(C)OC(=O)N(C(=O)C(C)(N)F)c1ccccc1-c1ccc(-c2ccncc2)cc1. The van der Waals surface area contributed by atoms with Gasteiger partial charge in [0.1, 0.15) is 5.60 Å². The summed E-state index contributed by atoms with van der Waals surface area (Å²) in [7, 11) is 0. The molecular formula is C25H26FN3O3. The minimum atomic E-state index is -2.77. The molecule has 6 nitrogen and oxygen atoms in total. The van der Waals surface area contributed by atoms with E-state index in [2.05, 4.69) is 4.98 Å². The lowest BCUT2D eigenvalue weighted by molar-refractivity contribution is -0.128. The Morgan fingerprint density at radius 2 is 1.41 bits per heavy atom. The lowest BCUT2D eigenvalue weighted by Crippen LogP contribution is -2.53. The van der Waals surface area contributed by atoms with Crippen molar-refractivity contribution in [3.8, 4) is 22.3 Å². The smallest absolute Gasteiger partial charge is 0.421 e. The van der Waals surface area contributed by atoms with Crippen LogP contribution in [0, 0.1) is 0 Å². The Morgan fingerprint density at radius 3 is 1.97 bits per heavy atom. The molecule has 2 N–H and O–H groups in total. The third kappa shape index (κ3) is 5.36. The average Bonchev–Trinajstić information content (AvgIpc) is 2.73. The zero-order chi connectivity index (χ0) is 23.5. The summed E-state index contributed by atoms with van der Waals surface area (Å²) in [6, 6.07) is 18.1. The van der Waals surface area contributed by atoms with E-state index in [1.807, 2.05) is 36.4 Å². The molecule has 0 saturated heterocycles. The van der Waals surface area contributed by atoms with Gasteiger partial charge in [-0.15, -0.1) is 0 Å². The van der Waals surface area contributed by atoms with Crippen molar-refractivity contribution in [3.05, 3.63) is 73.1 Å². The Bertz CT molecular complexity index is 1100. The summed E-state index contributed by atoms with van der Waals surface area (Å²) in [5.74, 6) is -3.98. The highest BCUT2D eigenvalue weighted by Crippen LogP contribution is 2.34. The minimum Gasteiger partial charge on any atom is -0.443 e. The monoisotopic (exact) mass is 435 g/mol. The fraction of sp³-hybridized carbons (Fsp3) is 0.240. The number of imide groups is 1. The first-order valence-electron chi connectivity index (χ1n) is 10.1. The van der Waals surface area contributed by atoms with Gasteiger partial charge in [0, 0.05) is 18.0 Å². The maximum absolute atomic E-state index is 14.5. The summed E-state index contributed by atoms with van der Waals surface area (Å²) in [5.41, 5.74) is 7.98. The Morgan fingerprint density at radius 1 is 0.875 bits per heavy atom. The van der Waals surface area contributed by atoms with Crippen LogP contribution < -0.4 is 10.6 Å². The Hall–Kier alpha value is -3.58. The van der Waals surface area contributed by atoms with Crippen LogP contribution in [0.5, 0.6) is 0 Å². The van der Waals surface area contributed by atoms with E-state index < -0.39 is 23.4 Å². The molecule has 0 spiro atoms. The molecule has 2 amide bonds. The third-order valence-corrected chi connectivity index (χ3v) is 4.55. The van der Waals surface area contributed by atoms with Crippen molar-refractivity contribution < 1.29 is 18.7 Å². The molecule has 0 fully saturated rings. The van der Waals surface area contributed by atoms with Gasteiger partial charge in [-0.05, 0) is 62.6 Å². The number of carbonyl (C=O) groups is 2. The molecule has 0 aliphatic heterocycles. The number of benzene rings is 2. The molecule has 0 saturated carbocycles. The van der Waals surface area contributed by atoms with Crippen LogP contribution in [-0.4, -0.2) is 28.4 Å². The third-order valence-electron chi connectivity index (χ3n) is 4.55. The number of aromatic nitrogens is 1. The van der Waals surface area contributed by atoms with Crippen LogP contribution in [0.25, 0.3) is 22.3 Å². The molecule has 1 atom stereocenters. The summed E-state index contributed by atoms with van der Waals surface area (Å²) in [6.45, 7) is 5.88. The number of pyridine rings is 1. The lowest BCUT2D eigenvalue weighted by Gasteiger charge is -2.30. The van der Waals surface area contributed by atoms with Crippen LogP contribution in [0.2, 0.25) is 0 Å². The second-order valence-corrected chi connectivity index (χ2v) is 8.53. The quantitative estimate of drug-likeness (QED) is 0.560. The van der Waals surface area contributed by atoms with E-state index in [4.69, 9.17) is 10.5 Å². The molecule has 2 aromatic carbocycles. The zero-order valence-electron chi connectivity index (χ0n) is 18.5. The first-order chi connectivity index (χ1) is 15.0. The second kappa shape index (κ2) is 8.88. The number of nitrogens with two attached hydrogens (primary N) is 1. The van der Waals surface area contributed by atoms with E-state index in [9.17, 15) is 14.0 Å². The predicted molar refractivity (Wildman–Crippen MR) is 123 cm³/mol. The summed E-state index contributed by atoms with van der Waals surface area (Å²) in [4.78, 5) is 30.4. The van der Waals surface area contributed by atoms with Crippen molar-refractivity contribution >= 4 is 17.7 Å². The molecule has 0 aliphatic carbocycles. The topological polar surface area (TPSA) is 85.5 Å². The van der Waals surface area contributed by atoms with Gasteiger partial charge in [-0.3, -0.25) is 15.5 Å². The van der Waals surface area contributed by atoms with Gasteiger partial charge >= 0.3 is 6.09 Å². The minimum absolute atomic E-state index is 0.178. The normalized spacial score (nSPS) is 13.2. The van der Waals surface area contributed by atoms with Gasteiger partial charge in [-0.2, -0.15) is 0 Å². The molecule has 1 unspecified atom stereocenters. The maximum atomic E-state index is 14.5. The Kier molecular flexibility index (Phi) is 6.41. The van der Waals surface area contributed by atoms with E-state index in [1.54, 1.807) is 57.4 Å². The van der Waals surface area contributed by atoms with Crippen molar-refractivity contribution in [1.29, 1.82) is 0 Å². The number of amides is 2. The van der Waals surface area contributed by atoms with Gasteiger partial charge in [-0.1, -0.05) is 42.5 Å². The van der Waals surface area contributed by atoms with Gasteiger partial charge < -0.3 is 4.74 Å². The van der Waals surface area contributed by atoms with Gasteiger partial charge in [0.05, 0.1) is 5.69 Å². The van der Waals surface area contributed by atoms with Crippen molar-refractivity contribution in [3.63, 3.8) is 0 Å². The van der Waals surface area contributed by atoms with Crippen LogP contribution in [0.1, 0.15) is 27.7 Å². The number of ether oxygens (including phenoxy) is 1. The van der Waals surface area contributed by atoms with E-state index in [0.717, 1.165) is 23.6 Å². The zero-order valence-corrected chi connectivity index (χ0v) is 18.5. The van der Waals surface area contributed by atoms with Crippen molar-refractivity contribution in [1.82, 2.24) is 4.98 Å². The highest BCUT2D eigenvalue weighted by atomic mass is 19.1. The van der Waals surface area contributed by atoms with Crippen LogP contribution in [-0.2, 0) is 9.53 Å². The summed E-state index contributed by atoms with van der Waals surface area (Å²) in [5, 5.41) is 0. The number of para-hydroxylation sites is 1. The van der Waals surface area contributed by atoms with Crippen LogP contribution in [0.3, 0.4) is 0 Å². The standard InChI is InChI=1S/C25H26FN3O3/c1-24(2,3)32-23(31)29(22(30)25(4,26)27)21-8-6-5-7-20(21)19-11-9-17(10-12-19)18-13-15-28-16-14-18/h5-16H,27H2,1-4H3. The van der Waals surface area contributed by atoms with Crippen molar-refractivity contribution in [2.75, 3.05) is 4.90 Å². The lowest BCUT2D eigenvalue weighted by atomic mass is 9.99. The highest BCUT2D eigenvalue weighted by Gasteiger charge is 2.40. The number of hydrogen-bond acceptors (Lipinski definition) is 5. The molecule has 3 rings (SSSR count). The number of carbonyl (C=O) groups excluding carboxylic acids is 2. The van der Waals surface area contributed by atoms with Gasteiger partial charge in [0.15, 0.2) is 0 Å². The number of halogens is 1. The first-order valence-corrected chi connectivity index (χ1v) is 10.1. The van der Waals surface area contributed by atoms with E-state index >= 15 is 0 Å². The fourth-order valence-electron chi connectivity index (χ4n) is 3.12. The molecule has 7 heteroatoms. The highest BCUT2D eigenvalue weighted by molar-refractivity contribution is 6.17. The predicted octanol–water partition coefficient (Wildman–Crippen LogP) is 5.33. The van der Waals surface area contributed by atoms with Gasteiger partial charge in [0.2, 0.25) is 5.79 Å². The number of alkyl halides is 1. The van der Waals surface area contributed by atoms with Crippen LogP contribution in [0.15, 0.2) is 73.1 Å². The molecule has 32 heavy (non-hydrogen) atoms. The van der Waals surface area contributed by atoms with E-state index in [1.165, 1.54) is 0 Å². The molecule has 0 radical (unpaired) electrons. The molecule has 0 aliphatic rings. The van der Waals surface area contributed by atoms with Crippen molar-refractivity contribution in [2.45, 2.75) is 39.1 Å². The van der Waals surface area contributed by atoms with E-state index in [0.29, 0.717) is 10.5 Å². The number of rotatable bonds is 4. The summed E-state index contributed by atoms with van der Waals surface area (Å²) in [6.07, 6.45) is 2.42. The second-order valence-electron chi connectivity index (χ2n) is 8.53. The first kappa shape index (κ1) is 23.1. The number of nitrogens with zero attached hydrogens (tertiary/aromatic N) is 2. The van der Waals surface area contributed by atoms with Crippen LogP contribution >= 0.6 is 0 Å². The Labute approximate surface area is 186 Å². The molecule has 1 heterocycles. The summed E-state index contributed by atoms with van der Waals surface area (Å²) >= 11 is 0. The largest absolute Gasteiger partial charge is 0.443 e. The van der Waals surface area contributed by atoms with Gasteiger partial charge in [-0.25, -0.2) is 14.1 Å². The van der Waals surface area contributed by atoms with Crippen LogP contribution in [0.4, 0.5) is 14.9 Å². The van der Waals surface area contributed by atoms with Gasteiger partial charge in [0.25, 0.3) is 5.91 Å². The maximum Gasteiger partial charge on any atom is 0.421 e. The average molecular weight is 435 g/mol. The number of hydrogen-bond donors (Lipinski definition) is 1. The Balaban J connectivity index is 2.07. The molecule has 0 bridgehead atoms. The summed E-state index contributed by atoms with van der Waals surface area (Å²) < 4.78 is 19.8.